The number of nitrogens with zero attached hydrogens (tertiary/aromatic N) is 3. The first-order valence-electron chi connectivity index (χ1n) is 17.7. The zero-order chi connectivity index (χ0) is 36.7. The van der Waals surface area contributed by atoms with Gasteiger partial charge in [0.15, 0.2) is 17.7 Å². The fourth-order valence-electron chi connectivity index (χ4n) is 7.15. The molecule has 0 aliphatic carbocycles. The van der Waals surface area contributed by atoms with Crippen molar-refractivity contribution in [2.75, 3.05) is 44.9 Å². The summed E-state index contributed by atoms with van der Waals surface area (Å²) in [6.45, 7) is 16.2. The van der Waals surface area contributed by atoms with Crippen molar-refractivity contribution in [1.29, 1.82) is 0 Å². The summed E-state index contributed by atoms with van der Waals surface area (Å²) in [5, 5.41) is 0. The number of ether oxygens (including phenoxy) is 5. The van der Waals surface area contributed by atoms with Crippen LogP contribution < -0.4 is 9.64 Å². The molecule has 3 aliphatic rings. The van der Waals surface area contributed by atoms with Crippen molar-refractivity contribution in [3.8, 4) is 28.1 Å². The molecule has 1 fully saturated rings. The van der Waals surface area contributed by atoms with Crippen LogP contribution in [0.15, 0.2) is 42.6 Å². The number of fused-ring (bicyclic) bond motifs is 8. The van der Waals surface area contributed by atoms with Gasteiger partial charge in [-0.05, 0) is 89.6 Å². The highest BCUT2D eigenvalue weighted by atomic mass is 19.2. The molecule has 2 aromatic heterocycles. The van der Waals surface area contributed by atoms with Crippen molar-refractivity contribution in [2.45, 2.75) is 91.1 Å². The van der Waals surface area contributed by atoms with Crippen molar-refractivity contribution in [3.05, 3.63) is 70.9 Å². The Bertz CT molecular complexity index is 1910. The Kier molecular flexibility index (Phi) is 10.5. The van der Waals surface area contributed by atoms with Crippen LogP contribution in [-0.2, 0) is 30.2 Å². The molecule has 7 rings (SSSR count). The predicted molar refractivity (Wildman–Crippen MR) is 192 cm³/mol. The first kappa shape index (κ1) is 36.7. The zero-order valence-electron chi connectivity index (χ0n) is 30.9. The summed E-state index contributed by atoms with van der Waals surface area (Å²) in [6, 6.07) is 9.80. The number of benzene rings is 2. The van der Waals surface area contributed by atoms with E-state index < -0.39 is 35.4 Å². The average Bonchev–Trinajstić information content (AvgIpc) is 3.52. The molecular weight excluding hydrogens is 656 g/mol. The van der Waals surface area contributed by atoms with Crippen molar-refractivity contribution in [3.63, 3.8) is 0 Å². The second-order valence-electron chi connectivity index (χ2n) is 14.8. The lowest BCUT2D eigenvalue weighted by Crippen LogP contribution is -2.46. The van der Waals surface area contributed by atoms with Crippen LogP contribution in [0, 0.1) is 18.6 Å². The number of anilines is 1. The highest BCUT2D eigenvalue weighted by molar-refractivity contribution is 5.83. The number of aromatic nitrogens is 2. The largest absolute Gasteiger partial charge is 0.488 e. The van der Waals surface area contributed by atoms with Crippen LogP contribution in [0.5, 0.6) is 5.75 Å². The Hall–Kier alpha value is -4.06. The number of hydrogen-bond donors (Lipinski definition) is 0. The van der Waals surface area contributed by atoms with Crippen LogP contribution in [0.3, 0.4) is 0 Å². The van der Waals surface area contributed by atoms with Gasteiger partial charge in [0, 0.05) is 42.0 Å². The SMILES string of the molecule is CCc1c(C)c([C@H](OC(C)(C)C)C(=O)OC)c2n3cc(nc13)-c1cccc(c1)-c1cc(F)c(F)cc1O[C@@H](C)COCCOC1(C)CCN2CC1. The molecule has 0 amide bonds. The molecule has 274 valence electrons. The molecule has 0 saturated carbocycles. The van der Waals surface area contributed by atoms with Gasteiger partial charge in [-0.2, -0.15) is 0 Å². The summed E-state index contributed by atoms with van der Waals surface area (Å²) in [5.74, 6) is -1.41. The highest BCUT2D eigenvalue weighted by Crippen LogP contribution is 2.42. The average molecular weight is 706 g/mol. The number of aryl methyl sites for hydroxylation is 1. The molecule has 11 heteroatoms. The third-order valence-corrected chi connectivity index (χ3v) is 9.78. The molecule has 2 aromatic carbocycles. The number of hydrogen-bond acceptors (Lipinski definition) is 8. The maximum Gasteiger partial charge on any atom is 0.339 e. The maximum absolute atomic E-state index is 14.7. The number of piperidine rings is 1. The quantitative estimate of drug-likeness (QED) is 0.156. The third kappa shape index (κ3) is 7.61. The normalized spacial score (nSPS) is 20.6. The third-order valence-electron chi connectivity index (χ3n) is 9.78. The van der Waals surface area contributed by atoms with E-state index >= 15 is 0 Å². The molecule has 0 unspecified atom stereocenters. The molecule has 6 bridgehead atoms. The number of carbonyl (C=O) groups excluding carboxylic acids is 1. The number of imidazole rings is 1. The second kappa shape index (κ2) is 14.5. The molecule has 51 heavy (non-hydrogen) atoms. The minimum absolute atomic E-state index is 0.212. The molecule has 0 spiro atoms. The van der Waals surface area contributed by atoms with Gasteiger partial charge in [0.25, 0.3) is 0 Å². The van der Waals surface area contributed by atoms with Crippen molar-refractivity contribution < 1.29 is 37.3 Å². The summed E-state index contributed by atoms with van der Waals surface area (Å²) in [4.78, 5) is 21.1. The summed E-state index contributed by atoms with van der Waals surface area (Å²) >= 11 is 0. The zero-order valence-corrected chi connectivity index (χ0v) is 30.9. The Morgan fingerprint density at radius 3 is 2.49 bits per heavy atom. The molecule has 0 radical (unpaired) electrons. The first-order valence-corrected chi connectivity index (χ1v) is 17.7. The van der Waals surface area contributed by atoms with Gasteiger partial charge < -0.3 is 28.6 Å². The van der Waals surface area contributed by atoms with E-state index in [-0.39, 0.29) is 18.0 Å². The smallest absolute Gasteiger partial charge is 0.339 e. The van der Waals surface area contributed by atoms with Gasteiger partial charge in [0.1, 0.15) is 23.3 Å². The fourth-order valence-corrected chi connectivity index (χ4v) is 7.15. The van der Waals surface area contributed by atoms with Gasteiger partial charge in [0.2, 0.25) is 0 Å². The van der Waals surface area contributed by atoms with Crippen LogP contribution in [0.4, 0.5) is 14.6 Å². The topological polar surface area (TPSA) is 83.8 Å². The number of pyridine rings is 1. The molecule has 3 aliphatic heterocycles. The maximum atomic E-state index is 14.7. The number of halogens is 2. The minimum atomic E-state index is -0.994. The van der Waals surface area contributed by atoms with Crippen molar-refractivity contribution in [2.24, 2.45) is 0 Å². The fraction of sp³-hybridized carbons (Fsp3) is 0.500. The van der Waals surface area contributed by atoms with Gasteiger partial charge in [-0.25, -0.2) is 18.6 Å². The lowest BCUT2D eigenvalue weighted by Gasteiger charge is -2.42. The highest BCUT2D eigenvalue weighted by Gasteiger charge is 2.38. The lowest BCUT2D eigenvalue weighted by molar-refractivity contribution is -0.164. The monoisotopic (exact) mass is 705 g/mol. The van der Waals surface area contributed by atoms with Crippen LogP contribution >= 0.6 is 0 Å². The molecular formula is C40H49F2N3O6. The first-order chi connectivity index (χ1) is 24.2. The van der Waals surface area contributed by atoms with E-state index in [0.717, 1.165) is 58.7 Å². The van der Waals surface area contributed by atoms with E-state index in [1.54, 1.807) is 0 Å². The van der Waals surface area contributed by atoms with E-state index in [2.05, 4.69) is 23.1 Å². The van der Waals surface area contributed by atoms with E-state index in [1.807, 2.05) is 65.1 Å². The van der Waals surface area contributed by atoms with Crippen molar-refractivity contribution in [1.82, 2.24) is 9.38 Å². The van der Waals surface area contributed by atoms with E-state index in [0.29, 0.717) is 49.5 Å². The van der Waals surface area contributed by atoms with Gasteiger partial charge in [-0.15, -0.1) is 0 Å². The second-order valence-corrected chi connectivity index (χ2v) is 14.8. The van der Waals surface area contributed by atoms with E-state index in [1.165, 1.54) is 7.11 Å². The molecule has 9 nitrogen and oxygen atoms in total. The van der Waals surface area contributed by atoms with Crippen LogP contribution in [0.1, 0.15) is 77.2 Å². The van der Waals surface area contributed by atoms with Gasteiger partial charge in [-0.3, -0.25) is 4.40 Å². The minimum Gasteiger partial charge on any atom is -0.488 e. The summed E-state index contributed by atoms with van der Waals surface area (Å²) in [5.41, 5.74) is 4.90. The molecule has 1 saturated heterocycles. The predicted octanol–water partition coefficient (Wildman–Crippen LogP) is 8.02. The summed E-state index contributed by atoms with van der Waals surface area (Å²) in [6.07, 6.45) is 2.71. The van der Waals surface area contributed by atoms with Crippen molar-refractivity contribution >= 4 is 17.4 Å². The van der Waals surface area contributed by atoms with Gasteiger partial charge >= 0.3 is 5.97 Å². The lowest BCUT2D eigenvalue weighted by atomic mass is 9.91. The van der Waals surface area contributed by atoms with E-state index in [9.17, 15) is 13.6 Å². The Morgan fingerprint density at radius 1 is 1.10 bits per heavy atom. The summed E-state index contributed by atoms with van der Waals surface area (Å²) in [7, 11) is 1.38. The molecule has 0 N–H and O–H groups in total. The Morgan fingerprint density at radius 2 is 1.80 bits per heavy atom. The Labute approximate surface area is 298 Å². The number of carbonyl (C=O) groups is 1. The van der Waals surface area contributed by atoms with Crippen LogP contribution in [0.25, 0.3) is 28.0 Å². The number of rotatable bonds is 4. The van der Waals surface area contributed by atoms with Gasteiger partial charge in [-0.1, -0.05) is 25.1 Å². The van der Waals surface area contributed by atoms with E-state index in [4.69, 9.17) is 28.7 Å². The number of methoxy groups -OCH3 is 1. The van der Waals surface area contributed by atoms with Gasteiger partial charge in [0.05, 0.1) is 43.8 Å². The van der Waals surface area contributed by atoms with Crippen LogP contribution in [0.2, 0.25) is 0 Å². The molecule has 2 atom stereocenters. The molecule has 4 aromatic rings. The van der Waals surface area contributed by atoms with Crippen LogP contribution in [-0.4, -0.2) is 72.7 Å². The molecule has 5 heterocycles. The number of esters is 1. The summed E-state index contributed by atoms with van der Waals surface area (Å²) < 4.78 is 61.7. The standard InChI is InChI=1S/C40H49F2N3O6/c1-9-28-25(3)34(35(38(46)47-8)51-39(4,5)6)37-44-15-13-40(7,14-16-44)49-18-17-48-23-24(2)50-33-21-31(42)30(41)20-29(33)26-11-10-12-27(19-26)32-22-45(37)36(28)43-32/h10-12,19-22,24,35H,9,13-18,23H2,1-8H3/t24-,35-/m0/s1. The Balaban J connectivity index is 1.60.